The summed E-state index contributed by atoms with van der Waals surface area (Å²) in [5, 5.41) is 2.86. The van der Waals surface area contributed by atoms with Gasteiger partial charge in [-0.1, -0.05) is 17.7 Å². The van der Waals surface area contributed by atoms with Crippen LogP contribution in [0.25, 0.3) is 0 Å². The van der Waals surface area contributed by atoms with Gasteiger partial charge in [-0.3, -0.25) is 9.78 Å². The number of sulfonamides is 1. The van der Waals surface area contributed by atoms with Gasteiger partial charge in [0, 0.05) is 26.0 Å². The highest BCUT2D eigenvalue weighted by atomic mass is 35.5. The third kappa shape index (κ3) is 5.17. The Balaban J connectivity index is 2.01. The summed E-state index contributed by atoms with van der Waals surface area (Å²) < 4.78 is 31.5. The molecule has 0 radical (unpaired) electrons. The van der Waals surface area contributed by atoms with Crippen molar-refractivity contribution in [3.8, 4) is 5.75 Å². The summed E-state index contributed by atoms with van der Waals surface area (Å²) in [5.74, 6) is -0.0121. The number of rotatable bonds is 8. The lowest BCUT2D eigenvalue weighted by Crippen LogP contribution is -2.38. The SMILES string of the molecule is CCOc1ccc(S(=O)(=O)N(C)CC(=O)NCc2cccnc2)cc1Cl. The van der Waals surface area contributed by atoms with Crippen molar-refractivity contribution < 1.29 is 17.9 Å². The van der Waals surface area contributed by atoms with Crippen molar-refractivity contribution >= 4 is 27.5 Å². The Bertz CT molecular complexity index is 860. The zero-order valence-corrected chi connectivity index (χ0v) is 16.0. The first-order chi connectivity index (χ1) is 12.3. The van der Waals surface area contributed by atoms with Gasteiger partial charge >= 0.3 is 0 Å². The number of halogens is 1. The highest BCUT2D eigenvalue weighted by Gasteiger charge is 2.24. The van der Waals surface area contributed by atoms with Crippen molar-refractivity contribution in [1.29, 1.82) is 0 Å². The summed E-state index contributed by atoms with van der Waals surface area (Å²) >= 11 is 6.05. The molecule has 0 atom stereocenters. The van der Waals surface area contributed by atoms with Gasteiger partial charge in [-0.15, -0.1) is 0 Å². The predicted octanol–water partition coefficient (Wildman–Crippen LogP) is 2.07. The minimum atomic E-state index is -3.85. The normalized spacial score (nSPS) is 11.4. The molecule has 1 aromatic heterocycles. The van der Waals surface area contributed by atoms with Crippen LogP contribution in [0, 0.1) is 0 Å². The van der Waals surface area contributed by atoms with E-state index in [1.807, 2.05) is 6.07 Å². The predicted molar refractivity (Wildman–Crippen MR) is 98.5 cm³/mol. The van der Waals surface area contributed by atoms with E-state index in [4.69, 9.17) is 16.3 Å². The monoisotopic (exact) mass is 397 g/mol. The Morgan fingerprint density at radius 3 is 2.73 bits per heavy atom. The Morgan fingerprint density at radius 2 is 2.12 bits per heavy atom. The topological polar surface area (TPSA) is 88.6 Å². The Labute approximate surface area is 158 Å². The molecular formula is C17H20ClN3O4S. The van der Waals surface area contributed by atoms with Crippen LogP contribution >= 0.6 is 11.6 Å². The maximum Gasteiger partial charge on any atom is 0.243 e. The molecule has 1 aromatic carbocycles. The number of pyridine rings is 1. The number of hydrogen-bond acceptors (Lipinski definition) is 5. The molecule has 2 rings (SSSR count). The molecule has 7 nitrogen and oxygen atoms in total. The van der Waals surface area contributed by atoms with E-state index in [2.05, 4.69) is 10.3 Å². The van der Waals surface area contributed by atoms with Crippen molar-refractivity contribution in [1.82, 2.24) is 14.6 Å². The minimum Gasteiger partial charge on any atom is -0.492 e. The first kappa shape index (κ1) is 20.2. The highest BCUT2D eigenvalue weighted by Crippen LogP contribution is 2.28. The van der Waals surface area contributed by atoms with Crippen molar-refractivity contribution in [3.05, 3.63) is 53.3 Å². The van der Waals surface area contributed by atoms with Crippen LogP contribution in [0.15, 0.2) is 47.6 Å². The zero-order chi connectivity index (χ0) is 19.2. The lowest BCUT2D eigenvalue weighted by molar-refractivity contribution is -0.121. The summed E-state index contributed by atoms with van der Waals surface area (Å²) in [7, 11) is -2.51. The Kier molecular flexibility index (Phi) is 6.96. The largest absolute Gasteiger partial charge is 0.492 e. The molecule has 2 aromatic rings. The van der Waals surface area contributed by atoms with Gasteiger partial charge in [0.05, 0.1) is 23.1 Å². The third-order valence-corrected chi connectivity index (χ3v) is 5.58. The molecule has 0 fully saturated rings. The number of hydrogen-bond donors (Lipinski definition) is 1. The summed E-state index contributed by atoms with van der Waals surface area (Å²) in [6.45, 7) is 2.19. The number of aromatic nitrogens is 1. The molecule has 0 bridgehead atoms. The molecule has 0 saturated carbocycles. The fraction of sp³-hybridized carbons (Fsp3) is 0.294. The number of ether oxygens (including phenoxy) is 1. The van der Waals surface area contributed by atoms with Gasteiger partial charge in [0.25, 0.3) is 0 Å². The number of carbonyl (C=O) groups is 1. The fourth-order valence-corrected chi connectivity index (χ4v) is 3.59. The van der Waals surface area contributed by atoms with E-state index in [-0.39, 0.29) is 23.0 Å². The van der Waals surface area contributed by atoms with E-state index in [1.54, 1.807) is 25.4 Å². The molecule has 0 unspecified atom stereocenters. The molecule has 0 aliphatic rings. The molecule has 9 heteroatoms. The van der Waals surface area contributed by atoms with E-state index in [0.29, 0.717) is 12.4 Å². The van der Waals surface area contributed by atoms with Crippen molar-refractivity contribution in [2.75, 3.05) is 20.2 Å². The van der Waals surface area contributed by atoms with Crippen LogP contribution in [0.5, 0.6) is 5.75 Å². The fourth-order valence-electron chi connectivity index (χ4n) is 2.14. The molecule has 1 amide bonds. The van der Waals surface area contributed by atoms with Crippen molar-refractivity contribution in [2.24, 2.45) is 0 Å². The van der Waals surface area contributed by atoms with Crippen LogP contribution in [-0.2, 0) is 21.4 Å². The Morgan fingerprint density at radius 1 is 1.35 bits per heavy atom. The van der Waals surface area contributed by atoms with Crippen molar-refractivity contribution in [2.45, 2.75) is 18.4 Å². The van der Waals surface area contributed by atoms with Gasteiger partial charge in [0.15, 0.2) is 0 Å². The first-order valence-electron chi connectivity index (χ1n) is 7.89. The second-order valence-electron chi connectivity index (χ2n) is 5.42. The number of amides is 1. The number of nitrogens with zero attached hydrogens (tertiary/aromatic N) is 2. The zero-order valence-electron chi connectivity index (χ0n) is 14.5. The molecule has 140 valence electrons. The molecule has 1 heterocycles. The molecule has 0 aliphatic carbocycles. The lowest BCUT2D eigenvalue weighted by atomic mass is 10.3. The van der Waals surface area contributed by atoms with E-state index >= 15 is 0 Å². The summed E-state index contributed by atoms with van der Waals surface area (Å²) in [4.78, 5) is 16.0. The van der Waals surface area contributed by atoms with Crippen LogP contribution in [-0.4, -0.2) is 43.8 Å². The van der Waals surface area contributed by atoms with Crippen LogP contribution in [0.4, 0.5) is 0 Å². The Hall–Kier alpha value is -2.16. The molecule has 0 saturated heterocycles. The van der Waals surface area contributed by atoms with Crippen molar-refractivity contribution in [3.63, 3.8) is 0 Å². The van der Waals surface area contributed by atoms with E-state index in [0.717, 1.165) is 9.87 Å². The summed E-state index contributed by atoms with van der Waals surface area (Å²) in [6.07, 6.45) is 3.26. The molecule has 26 heavy (non-hydrogen) atoms. The van der Waals surface area contributed by atoms with Gasteiger partial charge in [-0.05, 0) is 36.8 Å². The van der Waals surface area contributed by atoms with Crippen LogP contribution in [0.2, 0.25) is 5.02 Å². The smallest absolute Gasteiger partial charge is 0.243 e. The average Bonchev–Trinajstić information content (AvgIpc) is 2.62. The van der Waals surface area contributed by atoms with Gasteiger partial charge < -0.3 is 10.1 Å². The van der Waals surface area contributed by atoms with E-state index in [1.165, 1.54) is 25.2 Å². The van der Waals surface area contributed by atoms with E-state index < -0.39 is 15.9 Å². The van der Waals surface area contributed by atoms with Gasteiger partial charge in [-0.25, -0.2) is 8.42 Å². The van der Waals surface area contributed by atoms with Gasteiger partial charge in [-0.2, -0.15) is 4.31 Å². The van der Waals surface area contributed by atoms with E-state index in [9.17, 15) is 13.2 Å². The summed E-state index contributed by atoms with van der Waals surface area (Å²) in [5.41, 5.74) is 0.824. The van der Waals surface area contributed by atoms with Crippen LogP contribution < -0.4 is 10.1 Å². The standard InChI is InChI=1S/C17H20ClN3O4S/c1-3-25-16-7-6-14(9-15(16)18)26(23,24)21(2)12-17(22)20-11-13-5-4-8-19-10-13/h4-10H,3,11-12H2,1-2H3,(H,20,22). The third-order valence-electron chi connectivity index (χ3n) is 3.49. The van der Waals surface area contributed by atoms with Crippen LogP contribution in [0.1, 0.15) is 12.5 Å². The number of likely N-dealkylation sites (N-methyl/N-ethyl adjacent to an activating group) is 1. The summed E-state index contributed by atoms with van der Waals surface area (Å²) in [6, 6.07) is 7.78. The minimum absolute atomic E-state index is 0.00601. The molecule has 0 aliphatic heterocycles. The van der Waals surface area contributed by atoms with Crippen LogP contribution in [0.3, 0.4) is 0 Å². The maximum absolute atomic E-state index is 12.6. The second kappa shape index (κ2) is 8.98. The molecular weight excluding hydrogens is 378 g/mol. The molecule has 0 spiro atoms. The first-order valence-corrected chi connectivity index (χ1v) is 9.70. The quantitative estimate of drug-likeness (QED) is 0.736. The van der Waals surface area contributed by atoms with Gasteiger partial charge in [0.2, 0.25) is 15.9 Å². The average molecular weight is 398 g/mol. The maximum atomic E-state index is 12.6. The number of carbonyl (C=O) groups excluding carboxylic acids is 1. The molecule has 1 N–H and O–H groups in total. The number of nitrogens with one attached hydrogen (secondary N) is 1. The number of benzene rings is 1. The van der Waals surface area contributed by atoms with Gasteiger partial charge in [0.1, 0.15) is 5.75 Å². The highest BCUT2D eigenvalue weighted by molar-refractivity contribution is 7.89. The lowest BCUT2D eigenvalue weighted by Gasteiger charge is -2.17. The second-order valence-corrected chi connectivity index (χ2v) is 7.88.